The molecule has 0 saturated carbocycles. The van der Waals surface area contributed by atoms with Crippen molar-refractivity contribution in [3.8, 4) is 0 Å². The maximum Gasteiger partial charge on any atom is 0.244 e. The molecule has 2 aromatic rings. The number of halogens is 1. The molecule has 3 nitrogen and oxygen atoms in total. The van der Waals surface area contributed by atoms with Crippen LogP contribution in [0.25, 0.3) is 10.1 Å². The first kappa shape index (κ1) is 15.6. The van der Waals surface area contributed by atoms with E-state index >= 15 is 0 Å². The number of rotatable bonds is 4. The van der Waals surface area contributed by atoms with E-state index in [0.29, 0.717) is 4.90 Å². The van der Waals surface area contributed by atoms with Gasteiger partial charge in [0.25, 0.3) is 0 Å². The van der Waals surface area contributed by atoms with Gasteiger partial charge < -0.3 is 0 Å². The standard InChI is InChI=1S/C14H16ClNO2S3/c1-16(10-6-7-19-9-10)21(17,18)14-11-4-2-3-5-12(11)20-13(14)8-15/h2-5,10H,6-9H2,1H3. The topological polar surface area (TPSA) is 37.4 Å². The minimum Gasteiger partial charge on any atom is -0.207 e. The summed E-state index contributed by atoms with van der Waals surface area (Å²) >= 11 is 9.27. The first-order valence-electron chi connectivity index (χ1n) is 6.68. The minimum absolute atomic E-state index is 0.0850. The van der Waals surface area contributed by atoms with Crippen LogP contribution in [0.5, 0.6) is 0 Å². The lowest BCUT2D eigenvalue weighted by Gasteiger charge is -2.23. The van der Waals surface area contributed by atoms with Crippen LogP contribution in [-0.4, -0.2) is 37.3 Å². The van der Waals surface area contributed by atoms with Gasteiger partial charge in [0.2, 0.25) is 10.0 Å². The van der Waals surface area contributed by atoms with Crippen LogP contribution in [-0.2, 0) is 15.9 Å². The zero-order chi connectivity index (χ0) is 15.0. The van der Waals surface area contributed by atoms with Gasteiger partial charge in [-0.2, -0.15) is 16.1 Å². The van der Waals surface area contributed by atoms with Crippen molar-refractivity contribution in [2.75, 3.05) is 18.6 Å². The smallest absolute Gasteiger partial charge is 0.207 e. The molecule has 1 aromatic carbocycles. The van der Waals surface area contributed by atoms with E-state index < -0.39 is 10.0 Å². The number of alkyl halides is 1. The fraction of sp³-hybridized carbons (Fsp3) is 0.429. The molecule has 1 fully saturated rings. The lowest BCUT2D eigenvalue weighted by atomic mass is 10.2. The van der Waals surface area contributed by atoms with Gasteiger partial charge in [0, 0.05) is 33.8 Å². The van der Waals surface area contributed by atoms with Crippen LogP contribution in [0.3, 0.4) is 0 Å². The van der Waals surface area contributed by atoms with E-state index in [1.807, 2.05) is 36.0 Å². The molecule has 114 valence electrons. The molecule has 1 aliphatic rings. The highest BCUT2D eigenvalue weighted by Gasteiger charge is 2.33. The van der Waals surface area contributed by atoms with Crippen LogP contribution < -0.4 is 0 Å². The van der Waals surface area contributed by atoms with Crippen molar-refractivity contribution in [2.24, 2.45) is 0 Å². The van der Waals surface area contributed by atoms with E-state index in [9.17, 15) is 8.42 Å². The van der Waals surface area contributed by atoms with Crippen molar-refractivity contribution in [1.82, 2.24) is 4.31 Å². The first-order valence-corrected chi connectivity index (χ1v) is 10.6. The van der Waals surface area contributed by atoms with Gasteiger partial charge >= 0.3 is 0 Å². The third-order valence-corrected chi connectivity index (χ3v) is 8.71. The van der Waals surface area contributed by atoms with Gasteiger partial charge in [0.05, 0.1) is 5.88 Å². The summed E-state index contributed by atoms with van der Waals surface area (Å²) in [4.78, 5) is 1.13. The lowest BCUT2D eigenvalue weighted by molar-refractivity contribution is 0.395. The fourth-order valence-electron chi connectivity index (χ4n) is 2.59. The zero-order valence-electron chi connectivity index (χ0n) is 11.6. The number of nitrogens with zero attached hydrogens (tertiary/aromatic N) is 1. The van der Waals surface area contributed by atoms with E-state index in [4.69, 9.17) is 11.6 Å². The molecule has 0 N–H and O–H groups in total. The van der Waals surface area contributed by atoms with Gasteiger partial charge in [-0.15, -0.1) is 22.9 Å². The Balaban J connectivity index is 2.13. The molecular formula is C14H16ClNO2S3. The predicted octanol–water partition coefficient (Wildman–Crippen LogP) is 3.77. The maximum absolute atomic E-state index is 13.0. The fourth-order valence-corrected chi connectivity index (χ4v) is 7.46. The molecule has 0 bridgehead atoms. The van der Waals surface area contributed by atoms with Crippen LogP contribution in [0.4, 0.5) is 0 Å². The Morgan fingerprint density at radius 2 is 2.14 bits per heavy atom. The third kappa shape index (κ3) is 2.72. The molecule has 3 rings (SSSR count). The molecule has 1 unspecified atom stereocenters. The van der Waals surface area contributed by atoms with Gasteiger partial charge in [-0.1, -0.05) is 18.2 Å². The number of sulfonamides is 1. The minimum atomic E-state index is -3.50. The Morgan fingerprint density at radius 1 is 1.38 bits per heavy atom. The largest absolute Gasteiger partial charge is 0.244 e. The van der Waals surface area contributed by atoms with Gasteiger partial charge in [-0.25, -0.2) is 8.42 Å². The average molecular weight is 362 g/mol. The van der Waals surface area contributed by atoms with Gasteiger partial charge in [-0.3, -0.25) is 0 Å². The molecule has 1 saturated heterocycles. The molecule has 0 amide bonds. The van der Waals surface area contributed by atoms with Crippen molar-refractivity contribution in [3.05, 3.63) is 29.1 Å². The SMILES string of the molecule is CN(C1CCSC1)S(=O)(=O)c1c(CCl)sc2ccccc12. The number of hydrogen-bond acceptors (Lipinski definition) is 4. The molecule has 1 aliphatic heterocycles. The number of fused-ring (bicyclic) bond motifs is 1. The van der Waals surface area contributed by atoms with E-state index in [1.165, 1.54) is 15.6 Å². The van der Waals surface area contributed by atoms with Gasteiger partial charge in [-0.05, 0) is 18.2 Å². The van der Waals surface area contributed by atoms with Crippen LogP contribution in [0, 0.1) is 0 Å². The van der Waals surface area contributed by atoms with E-state index in [1.54, 1.807) is 7.05 Å². The Bertz CT molecular complexity index is 751. The van der Waals surface area contributed by atoms with E-state index in [-0.39, 0.29) is 11.9 Å². The summed E-state index contributed by atoms with van der Waals surface area (Å²) in [5.41, 5.74) is 0. The zero-order valence-corrected chi connectivity index (χ0v) is 14.8. The second-order valence-electron chi connectivity index (χ2n) is 5.02. The van der Waals surface area contributed by atoms with Crippen molar-refractivity contribution >= 4 is 54.8 Å². The molecule has 0 radical (unpaired) electrons. The average Bonchev–Trinajstić information content (AvgIpc) is 3.13. The summed E-state index contributed by atoms with van der Waals surface area (Å²) in [5, 5.41) is 0.788. The lowest BCUT2D eigenvalue weighted by Crippen LogP contribution is -2.37. The summed E-state index contributed by atoms with van der Waals surface area (Å²) in [6.07, 6.45) is 0.915. The highest BCUT2D eigenvalue weighted by molar-refractivity contribution is 7.99. The van der Waals surface area contributed by atoms with Crippen molar-refractivity contribution in [1.29, 1.82) is 0 Å². The van der Waals surface area contributed by atoms with Crippen molar-refractivity contribution in [3.63, 3.8) is 0 Å². The number of hydrogen-bond donors (Lipinski definition) is 0. The highest BCUT2D eigenvalue weighted by atomic mass is 35.5. The number of benzene rings is 1. The quantitative estimate of drug-likeness (QED) is 0.778. The molecule has 0 aliphatic carbocycles. The second-order valence-corrected chi connectivity index (χ2v) is 9.51. The summed E-state index contributed by atoms with van der Waals surface area (Å²) < 4.78 is 28.6. The normalized spacial score (nSPS) is 19.7. The van der Waals surface area contributed by atoms with Gasteiger partial charge in [0.1, 0.15) is 4.90 Å². The van der Waals surface area contributed by atoms with Crippen molar-refractivity contribution in [2.45, 2.75) is 23.2 Å². The molecule has 21 heavy (non-hydrogen) atoms. The number of thiophene rings is 1. The molecule has 1 atom stereocenters. The van der Waals surface area contributed by atoms with Crippen LogP contribution >= 0.6 is 34.7 Å². The third-order valence-electron chi connectivity index (χ3n) is 3.80. The molecule has 7 heteroatoms. The van der Waals surface area contributed by atoms with Crippen molar-refractivity contribution < 1.29 is 8.42 Å². The number of thioether (sulfide) groups is 1. The first-order chi connectivity index (χ1) is 10.1. The highest BCUT2D eigenvalue weighted by Crippen LogP contribution is 2.38. The van der Waals surface area contributed by atoms with E-state index in [0.717, 1.165) is 32.9 Å². The van der Waals surface area contributed by atoms with Crippen LogP contribution in [0.2, 0.25) is 0 Å². The maximum atomic E-state index is 13.0. The monoisotopic (exact) mass is 361 g/mol. The second kappa shape index (κ2) is 6.08. The van der Waals surface area contributed by atoms with Crippen LogP contribution in [0.15, 0.2) is 29.2 Å². The Morgan fingerprint density at radius 3 is 2.81 bits per heavy atom. The molecule has 2 heterocycles. The summed E-state index contributed by atoms with van der Waals surface area (Å²) in [5.74, 6) is 2.12. The summed E-state index contributed by atoms with van der Waals surface area (Å²) in [6.45, 7) is 0. The van der Waals surface area contributed by atoms with E-state index in [2.05, 4.69) is 0 Å². The summed E-state index contributed by atoms with van der Waals surface area (Å²) in [6, 6.07) is 7.69. The predicted molar refractivity (Wildman–Crippen MR) is 92.1 cm³/mol. The summed E-state index contributed by atoms with van der Waals surface area (Å²) in [7, 11) is -1.81. The molecular weight excluding hydrogens is 346 g/mol. The Hall–Kier alpha value is -0.270. The molecule has 0 spiro atoms. The Labute approximate surface area is 138 Å². The Kier molecular flexibility index (Phi) is 4.52. The molecule has 1 aromatic heterocycles. The van der Waals surface area contributed by atoms with Crippen LogP contribution in [0.1, 0.15) is 11.3 Å². The van der Waals surface area contributed by atoms with Gasteiger partial charge in [0.15, 0.2) is 0 Å².